The molecule has 3 aromatic rings. The zero-order valence-electron chi connectivity index (χ0n) is 15.5. The highest BCUT2D eigenvalue weighted by molar-refractivity contribution is 6.33. The van der Waals surface area contributed by atoms with Crippen LogP contribution < -0.4 is 10.6 Å². The third-order valence-electron chi connectivity index (χ3n) is 4.03. The number of aromatic nitrogens is 2. The lowest BCUT2D eigenvalue weighted by molar-refractivity contribution is 0.102. The van der Waals surface area contributed by atoms with Gasteiger partial charge in [0.25, 0.3) is 5.91 Å². The lowest BCUT2D eigenvalue weighted by Crippen LogP contribution is -2.15. The van der Waals surface area contributed by atoms with E-state index in [9.17, 15) is 4.79 Å². The number of amides is 1. The predicted molar refractivity (Wildman–Crippen MR) is 110 cm³/mol. The van der Waals surface area contributed by atoms with Gasteiger partial charge in [-0.05, 0) is 35.2 Å². The summed E-state index contributed by atoms with van der Waals surface area (Å²) in [6, 6.07) is 15.1. The Balaban J connectivity index is 1.66. The molecule has 5 nitrogen and oxygen atoms in total. The van der Waals surface area contributed by atoms with Crippen molar-refractivity contribution in [1.82, 2.24) is 9.97 Å². The number of benzene rings is 2. The van der Waals surface area contributed by atoms with Gasteiger partial charge in [0.1, 0.15) is 11.5 Å². The van der Waals surface area contributed by atoms with Gasteiger partial charge in [0.2, 0.25) is 0 Å². The maximum Gasteiger partial charge on any atom is 0.275 e. The van der Waals surface area contributed by atoms with Gasteiger partial charge >= 0.3 is 0 Å². The van der Waals surface area contributed by atoms with Crippen molar-refractivity contribution in [2.45, 2.75) is 26.2 Å². The quantitative estimate of drug-likeness (QED) is 0.633. The fraction of sp³-hybridized carbons (Fsp3) is 0.190. The topological polar surface area (TPSA) is 66.9 Å². The van der Waals surface area contributed by atoms with Crippen LogP contribution in [0.15, 0.2) is 60.9 Å². The van der Waals surface area contributed by atoms with Gasteiger partial charge in [-0.25, -0.2) is 9.97 Å². The van der Waals surface area contributed by atoms with Crippen LogP contribution in [-0.2, 0) is 5.41 Å². The Labute approximate surface area is 163 Å². The molecular formula is C21H21ClN4O. The fourth-order valence-corrected chi connectivity index (χ4v) is 2.64. The number of para-hydroxylation sites is 1. The maximum atomic E-state index is 12.4. The van der Waals surface area contributed by atoms with Gasteiger partial charge < -0.3 is 10.6 Å². The van der Waals surface area contributed by atoms with Crippen molar-refractivity contribution in [1.29, 1.82) is 0 Å². The van der Waals surface area contributed by atoms with E-state index >= 15 is 0 Å². The molecule has 0 aliphatic heterocycles. The number of nitrogens with one attached hydrogen (secondary N) is 2. The van der Waals surface area contributed by atoms with Gasteiger partial charge in [-0.3, -0.25) is 4.79 Å². The van der Waals surface area contributed by atoms with E-state index in [-0.39, 0.29) is 17.0 Å². The Hall–Kier alpha value is -2.92. The van der Waals surface area contributed by atoms with Crippen LogP contribution in [0.4, 0.5) is 17.2 Å². The standard InChI is InChI=1S/C21H21ClN4O/c1-21(2,3)14-8-10-15(11-9-14)25-20(27)18-12-24-19(13-23-18)26-17-7-5-4-6-16(17)22/h4-13H,1-3H3,(H,24,26)(H,25,27). The molecule has 0 bridgehead atoms. The van der Waals surface area contributed by atoms with E-state index < -0.39 is 0 Å². The third-order valence-corrected chi connectivity index (χ3v) is 4.36. The predicted octanol–water partition coefficient (Wildman–Crippen LogP) is 5.42. The number of nitrogens with zero attached hydrogens (tertiary/aromatic N) is 2. The number of hydrogen-bond donors (Lipinski definition) is 2. The van der Waals surface area contributed by atoms with E-state index in [1.54, 1.807) is 6.07 Å². The summed E-state index contributed by atoms with van der Waals surface area (Å²) in [6.45, 7) is 6.44. The highest BCUT2D eigenvalue weighted by Gasteiger charge is 2.14. The molecule has 0 aliphatic rings. The first-order valence-corrected chi connectivity index (χ1v) is 8.96. The van der Waals surface area contributed by atoms with Crippen molar-refractivity contribution < 1.29 is 4.79 Å². The van der Waals surface area contributed by atoms with Crippen LogP contribution in [0.5, 0.6) is 0 Å². The molecule has 138 valence electrons. The van der Waals surface area contributed by atoms with E-state index in [2.05, 4.69) is 41.4 Å². The summed E-state index contributed by atoms with van der Waals surface area (Å²) >= 11 is 6.11. The van der Waals surface area contributed by atoms with Gasteiger partial charge in [0, 0.05) is 5.69 Å². The first-order chi connectivity index (χ1) is 12.8. The van der Waals surface area contributed by atoms with Crippen molar-refractivity contribution in [3.05, 3.63) is 77.2 Å². The van der Waals surface area contributed by atoms with Gasteiger partial charge in [-0.15, -0.1) is 0 Å². The number of halogens is 1. The van der Waals surface area contributed by atoms with Crippen LogP contribution in [0.25, 0.3) is 0 Å². The molecule has 2 N–H and O–H groups in total. The smallest absolute Gasteiger partial charge is 0.275 e. The van der Waals surface area contributed by atoms with Gasteiger partial charge in [-0.2, -0.15) is 0 Å². The molecule has 6 heteroatoms. The van der Waals surface area contributed by atoms with Crippen molar-refractivity contribution in [2.24, 2.45) is 0 Å². The highest BCUT2D eigenvalue weighted by Crippen LogP contribution is 2.24. The molecule has 0 saturated carbocycles. The van der Waals surface area contributed by atoms with E-state index in [1.807, 2.05) is 42.5 Å². The summed E-state index contributed by atoms with van der Waals surface area (Å²) in [5.74, 6) is 0.199. The minimum atomic E-state index is -0.310. The Morgan fingerprint density at radius 1 is 0.963 bits per heavy atom. The Kier molecular flexibility index (Phi) is 5.42. The third kappa shape index (κ3) is 4.83. The number of carbonyl (C=O) groups excluding carboxylic acids is 1. The first kappa shape index (κ1) is 18.9. The number of rotatable bonds is 4. The second-order valence-electron chi connectivity index (χ2n) is 7.17. The average molecular weight is 381 g/mol. The van der Waals surface area contributed by atoms with E-state index in [4.69, 9.17) is 11.6 Å². The van der Waals surface area contributed by atoms with Crippen LogP contribution in [0.1, 0.15) is 36.8 Å². The Bertz CT molecular complexity index is 932. The van der Waals surface area contributed by atoms with Gasteiger partial charge in [0.05, 0.1) is 23.1 Å². The molecule has 1 amide bonds. The summed E-state index contributed by atoms with van der Waals surface area (Å²) in [6.07, 6.45) is 2.93. The summed E-state index contributed by atoms with van der Waals surface area (Å²) in [7, 11) is 0. The lowest BCUT2D eigenvalue weighted by atomic mass is 9.87. The van der Waals surface area contributed by atoms with Crippen LogP contribution in [0.3, 0.4) is 0 Å². The van der Waals surface area contributed by atoms with Gasteiger partial charge in [-0.1, -0.05) is 56.6 Å². The van der Waals surface area contributed by atoms with Crippen molar-refractivity contribution in [3.8, 4) is 0 Å². The molecule has 0 atom stereocenters. The minimum absolute atomic E-state index is 0.0680. The number of carbonyl (C=O) groups is 1. The summed E-state index contributed by atoms with van der Waals surface area (Å²) in [5, 5.41) is 6.49. The molecule has 0 spiro atoms. The molecule has 0 unspecified atom stereocenters. The zero-order valence-corrected chi connectivity index (χ0v) is 16.2. The monoisotopic (exact) mass is 380 g/mol. The largest absolute Gasteiger partial charge is 0.338 e. The Morgan fingerprint density at radius 2 is 1.67 bits per heavy atom. The van der Waals surface area contributed by atoms with Crippen LogP contribution >= 0.6 is 11.6 Å². The Morgan fingerprint density at radius 3 is 2.26 bits per heavy atom. The normalized spacial score (nSPS) is 11.1. The lowest BCUT2D eigenvalue weighted by Gasteiger charge is -2.19. The van der Waals surface area contributed by atoms with Crippen molar-refractivity contribution in [2.75, 3.05) is 10.6 Å². The summed E-state index contributed by atoms with van der Waals surface area (Å²) < 4.78 is 0. The van der Waals surface area contributed by atoms with E-state index in [1.165, 1.54) is 18.0 Å². The molecule has 2 aromatic carbocycles. The SMILES string of the molecule is CC(C)(C)c1ccc(NC(=O)c2cnc(Nc3ccccc3Cl)cn2)cc1. The van der Waals surface area contributed by atoms with Crippen LogP contribution in [-0.4, -0.2) is 15.9 Å². The highest BCUT2D eigenvalue weighted by atomic mass is 35.5. The van der Waals surface area contributed by atoms with E-state index in [0.29, 0.717) is 16.5 Å². The van der Waals surface area contributed by atoms with Crippen LogP contribution in [0.2, 0.25) is 5.02 Å². The molecular weight excluding hydrogens is 360 g/mol. The molecule has 0 aliphatic carbocycles. The fourth-order valence-electron chi connectivity index (χ4n) is 2.46. The molecule has 27 heavy (non-hydrogen) atoms. The molecule has 0 radical (unpaired) electrons. The zero-order chi connectivity index (χ0) is 19.4. The first-order valence-electron chi connectivity index (χ1n) is 8.58. The molecule has 0 fully saturated rings. The molecule has 0 saturated heterocycles. The minimum Gasteiger partial charge on any atom is -0.338 e. The summed E-state index contributed by atoms with van der Waals surface area (Å²) in [4.78, 5) is 20.8. The second kappa shape index (κ2) is 7.76. The van der Waals surface area contributed by atoms with Gasteiger partial charge in [0.15, 0.2) is 0 Å². The summed E-state index contributed by atoms with van der Waals surface area (Å²) in [5.41, 5.74) is 2.95. The second-order valence-corrected chi connectivity index (χ2v) is 7.58. The molecule has 3 rings (SSSR count). The van der Waals surface area contributed by atoms with E-state index in [0.717, 1.165) is 5.69 Å². The van der Waals surface area contributed by atoms with Crippen molar-refractivity contribution >= 4 is 34.7 Å². The average Bonchev–Trinajstić information content (AvgIpc) is 2.64. The van der Waals surface area contributed by atoms with Crippen LogP contribution in [0, 0.1) is 0 Å². The number of anilines is 3. The molecule has 1 aromatic heterocycles. The number of hydrogen-bond acceptors (Lipinski definition) is 4. The molecule has 1 heterocycles. The maximum absolute atomic E-state index is 12.4. The van der Waals surface area contributed by atoms with Crippen molar-refractivity contribution in [3.63, 3.8) is 0 Å².